The zero-order valence-electron chi connectivity index (χ0n) is 15.1. The maximum absolute atomic E-state index is 13.3. The molecule has 1 heterocycles. The van der Waals surface area contributed by atoms with Crippen molar-refractivity contribution in [2.24, 2.45) is 0 Å². The molecule has 0 saturated heterocycles. The predicted molar refractivity (Wildman–Crippen MR) is 96.8 cm³/mol. The number of nitrogens with zero attached hydrogens (tertiary/aromatic N) is 2. The number of anilines is 1. The van der Waals surface area contributed by atoms with Crippen molar-refractivity contribution in [3.05, 3.63) is 29.8 Å². The van der Waals surface area contributed by atoms with Crippen LogP contribution in [0.5, 0.6) is 5.75 Å². The third-order valence-electron chi connectivity index (χ3n) is 3.16. The number of sulfonamides is 1. The van der Waals surface area contributed by atoms with Crippen molar-refractivity contribution in [3.8, 4) is 5.75 Å². The third kappa shape index (κ3) is 6.40. The van der Waals surface area contributed by atoms with Gasteiger partial charge in [0.15, 0.2) is 0 Å². The predicted octanol–water partition coefficient (Wildman–Crippen LogP) is 1.06. The topological polar surface area (TPSA) is 137 Å². The SMILES string of the molecule is CCC(=O)Nc1nnc(S(=O)(=O)NC(=O)C(COC)Oc2cc(F)cc(F)c2)s1. The van der Waals surface area contributed by atoms with E-state index < -0.39 is 50.5 Å². The van der Waals surface area contributed by atoms with Gasteiger partial charge in [-0.2, -0.15) is 8.42 Å². The maximum Gasteiger partial charge on any atom is 0.293 e. The summed E-state index contributed by atoms with van der Waals surface area (Å²) >= 11 is 0.530. The molecule has 1 atom stereocenters. The number of hydrogen-bond acceptors (Lipinski definition) is 9. The van der Waals surface area contributed by atoms with Crippen LogP contribution in [0.1, 0.15) is 13.3 Å². The van der Waals surface area contributed by atoms with E-state index in [4.69, 9.17) is 9.47 Å². The number of nitrogens with one attached hydrogen (secondary N) is 2. The van der Waals surface area contributed by atoms with Crippen LogP contribution in [0, 0.1) is 11.6 Å². The first kappa shape index (κ1) is 22.6. The molecule has 14 heteroatoms. The summed E-state index contributed by atoms with van der Waals surface area (Å²) in [7, 11) is -3.22. The summed E-state index contributed by atoms with van der Waals surface area (Å²) in [6.07, 6.45) is -1.39. The number of rotatable bonds is 9. The lowest BCUT2D eigenvalue weighted by Crippen LogP contribution is -2.43. The third-order valence-corrected chi connectivity index (χ3v) is 5.72. The second kappa shape index (κ2) is 9.67. The molecule has 0 aliphatic heterocycles. The first-order valence-corrected chi connectivity index (χ1v) is 10.3. The van der Waals surface area contributed by atoms with Crippen molar-refractivity contribution in [1.82, 2.24) is 14.9 Å². The van der Waals surface area contributed by atoms with Crippen molar-refractivity contribution in [2.75, 3.05) is 19.0 Å². The fraction of sp³-hybridized carbons (Fsp3) is 0.333. The van der Waals surface area contributed by atoms with E-state index in [1.54, 1.807) is 11.6 Å². The Morgan fingerprint density at radius 3 is 2.45 bits per heavy atom. The fourth-order valence-electron chi connectivity index (χ4n) is 1.89. The minimum atomic E-state index is -4.44. The first-order chi connectivity index (χ1) is 13.6. The van der Waals surface area contributed by atoms with Gasteiger partial charge in [-0.1, -0.05) is 18.3 Å². The Bertz CT molecular complexity index is 978. The van der Waals surface area contributed by atoms with E-state index in [1.807, 2.05) is 0 Å². The Balaban J connectivity index is 2.14. The van der Waals surface area contributed by atoms with E-state index in [-0.39, 0.29) is 17.3 Å². The Morgan fingerprint density at radius 1 is 1.21 bits per heavy atom. The van der Waals surface area contributed by atoms with E-state index in [0.29, 0.717) is 17.4 Å². The van der Waals surface area contributed by atoms with Crippen LogP contribution < -0.4 is 14.8 Å². The molecule has 1 unspecified atom stereocenters. The van der Waals surface area contributed by atoms with Gasteiger partial charge in [-0.05, 0) is 0 Å². The van der Waals surface area contributed by atoms with Crippen molar-refractivity contribution in [3.63, 3.8) is 0 Å². The maximum atomic E-state index is 13.3. The Kier molecular flexibility index (Phi) is 7.53. The van der Waals surface area contributed by atoms with Gasteiger partial charge in [0, 0.05) is 31.7 Å². The molecule has 0 bridgehead atoms. The van der Waals surface area contributed by atoms with Gasteiger partial charge in [-0.3, -0.25) is 9.59 Å². The average molecular weight is 450 g/mol. The van der Waals surface area contributed by atoms with E-state index >= 15 is 0 Å². The normalized spacial score (nSPS) is 12.3. The summed E-state index contributed by atoms with van der Waals surface area (Å²) in [6, 6.07) is 2.25. The van der Waals surface area contributed by atoms with Gasteiger partial charge < -0.3 is 14.8 Å². The molecule has 0 aliphatic carbocycles. The molecule has 0 saturated carbocycles. The summed E-state index contributed by atoms with van der Waals surface area (Å²) < 4.78 is 62.3. The fourth-order valence-corrected chi connectivity index (χ4v) is 3.82. The molecule has 2 amide bonds. The molecule has 0 radical (unpaired) electrons. The number of benzene rings is 1. The van der Waals surface area contributed by atoms with Gasteiger partial charge in [0.05, 0.1) is 6.61 Å². The summed E-state index contributed by atoms with van der Waals surface area (Å²) in [5.74, 6) is -3.78. The lowest BCUT2D eigenvalue weighted by atomic mass is 10.3. The van der Waals surface area contributed by atoms with Crippen molar-refractivity contribution in [2.45, 2.75) is 23.8 Å². The van der Waals surface area contributed by atoms with E-state index in [9.17, 15) is 26.8 Å². The largest absolute Gasteiger partial charge is 0.478 e. The van der Waals surface area contributed by atoms with Crippen LogP contribution in [0.3, 0.4) is 0 Å². The van der Waals surface area contributed by atoms with Crippen LogP contribution in [0.15, 0.2) is 22.5 Å². The number of hydrogen-bond donors (Lipinski definition) is 2. The number of halogens is 2. The molecule has 0 aliphatic rings. The summed E-state index contributed by atoms with van der Waals surface area (Å²) in [6.45, 7) is 1.18. The Morgan fingerprint density at radius 2 is 1.86 bits per heavy atom. The molecule has 29 heavy (non-hydrogen) atoms. The quantitative estimate of drug-likeness (QED) is 0.541. The van der Waals surface area contributed by atoms with Gasteiger partial charge in [-0.25, -0.2) is 13.5 Å². The zero-order valence-corrected chi connectivity index (χ0v) is 16.8. The number of aromatic nitrogens is 2. The van der Waals surface area contributed by atoms with Crippen LogP contribution in [-0.4, -0.2) is 50.3 Å². The van der Waals surface area contributed by atoms with Gasteiger partial charge in [0.1, 0.15) is 17.4 Å². The summed E-state index contributed by atoms with van der Waals surface area (Å²) in [4.78, 5) is 23.7. The highest BCUT2D eigenvalue weighted by Gasteiger charge is 2.29. The summed E-state index contributed by atoms with van der Waals surface area (Å²) in [5.41, 5.74) is 0. The van der Waals surface area contributed by atoms with Gasteiger partial charge in [-0.15, -0.1) is 10.2 Å². The van der Waals surface area contributed by atoms with E-state index in [1.165, 1.54) is 7.11 Å². The molecule has 1 aromatic carbocycles. The monoisotopic (exact) mass is 450 g/mol. The van der Waals surface area contributed by atoms with Crippen LogP contribution in [0.25, 0.3) is 0 Å². The van der Waals surface area contributed by atoms with Crippen LogP contribution in [0.4, 0.5) is 13.9 Å². The van der Waals surface area contributed by atoms with Crippen molar-refractivity contribution < 1.29 is 36.3 Å². The van der Waals surface area contributed by atoms with Crippen molar-refractivity contribution >= 4 is 38.3 Å². The standard InChI is InChI=1S/C15H16F2N4O6S2/c1-3-12(22)18-14-19-20-15(28-14)29(24,25)21-13(23)11(7-26-2)27-10-5-8(16)4-9(17)6-10/h4-6,11H,3,7H2,1-2H3,(H,21,23)(H,18,19,22). The Hall–Kier alpha value is -2.71. The first-order valence-electron chi connectivity index (χ1n) is 7.96. The lowest BCUT2D eigenvalue weighted by molar-refractivity contribution is -0.128. The molecule has 10 nitrogen and oxygen atoms in total. The molecular formula is C15H16F2N4O6S2. The molecule has 2 aromatic rings. The number of carbonyl (C=O) groups is 2. The number of ether oxygens (including phenoxy) is 2. The highest BCUT2D eigenvalue weighted by Crippen LogP contribution is 2.21. The molecule has 0 spiro atoms. The highest BCUT2D eigenvalue weighted by atomic mass is 32.2. The second-order valence-corrected chi connectivity index (χ2v) is 8.25. The number of amides is 2. The number of carbonyl (C=O) groups excluding carboxylic acids is 2. The highest BCUT2D eigenvalue weighted by molar-refractivity contribution is 7.92. The van der Waals surface area contributed by atoms with Crippen LogP contribution in [-0.2, 0) is 24.3 Å². The second-order valence-electron chi connectivity index (χ2n) is 5.41. The van der Waals surface area contributed by atoms with E-state index in [0.717, 1.165) is 12.1 Å². The van der Waals surface area contributed by atoms with Crippen LogP contribution in [0.2, 0.25) is 0 Å². The molecule has 2 N–H and O–H groups in total. The van der Waals surface area contributed by atoms with Gasteiger partial charge >= 0.3 is 0 Å². The minimum absolute atomic E-state index is 0.0652. The minimum Gasteiger partial charge on any atom is -0.478 e. The molecular weight excluding hydrogens is 434 g/mol. The molecule has 0 fully saturated rings. The average Bonchev–Trinajstić information content (AvgIpc) is 3.09. The molecule has 158 valence electrons. The smallest absolute Gasteiger partial charge is 0.293 e. The van der Waals surface area contributed by atoms with Crippen LogP contribution >= 0.6 is 11.3 Å². The number of methoxy groups -OCH3 is 1. The van der Waals surface area contributed by atoms with E-state index in [2.05, 4.69) is 15.5 Å². The lowest BCUT2D eigenvalue weighted by Gasteiger charge is -2.17. The van der Waals surface area contributed by atoms with Gasteiger partial charge in [0.25, 0.3) is 20.3 Å². The molecule has 2 rings (SSSR count). The Labute approximate surface area is 168 Å². The van der Waals surface area contributed by atoms with Gasteiger partial charge in [0.2, 0.25) is 17.1 Å². The summed E-state index contributed by atoms with van der Waals surface area (Å²) in [5, 5.41) is 9.21. The zero-order chi connectivity index (χ0) is 21.6. The van der Waals surface area contributed by atoms with Crippen molar-refractivity contribution in [1.29, 1.82) is 0 Å². The molecule has 1 aromatic heterocycles.